The maximum Gasteiger partial charge on any atom is 0.262 e. The van der Waals surface area contributed by atoms with Crippen LogP contribution < -0.4 is 0 Å². The number of piperazine rings is 1. The van der Waals surface area contributed by atoms with Gasteiger partial charge in [0, 0.05) is 39.4 Å². The predicted octanol–water partition coefficient (Wildman–Crippen LogP) is 0.496. The first-order valence-electron chi connectivity index (χ1n) is 7.76. The first-order valence-corrected chi connectivity index (χ1v) is 9.20. The molecule has 3 rings (SSSR count). The van der Waals surface area contributed by atoms with Crippen LogP contribution in [0.5, 0.6) is 0 Å². The van der Waals surface area contributed by atoms with Gasteiger partial charge in [-0.25, -0.2) is 13.4 Å². The highest BCUT2D eigenvalue weighted by Gasteiger charge is 2.31. The van der Waals surface area contributed by atoms with Crippen LogP contribution in [0.25, 0.3) is 0 Å². The lowest BCUT2D eigenvalue weighted by Gasteiger charge is -2.33. The van der Waals surface area contributed by atoms with Crippen molar-refractivity contribution in [2.24, 2.45) is 7.05 Å². The van der Waals surface area contributed by atoms with Crippen molar-refractivity contribution in [3.63, 3.8) is 0 Å². The van der Waals surface area contributed by atoms with Gasteiger partial charge in [-0.2, -0.15) is 4.31 Å². The minimum atomic E-state index is -3.59. The van der Waals surface area contributed by atoms with E-state index in [1.807, 2.05) is 30.3 Å². The second-order valence-corrected chi connectivity index (χ2v) is 7.71. The normalized spacial score (nSPS) is 16.3. The molecule has 0 saturated carbocycles. The first kappa shape index (κ1) is 16.7. The lowest BCUT2D eigenvalue weighted by Crippen LogP contribution is -2.50. The molecule has 1 aliphatic rings. The Morgan fingerprint density at radius 2 is 1.79 bits per heavy atom. The fraction of sp³-hybridized carbons (Fsp3) is 0.375. The van der Waals surface area contributed by atoms with Gasteiger partial charge in [0.15, 0.2) is 5.03 Å². The molecule has 1 aromatic heterocycles. The molecule has 1 aromatic carbocycles. The topological polar surface area (TPSA) is 75.5 Å². The van der Waals surface area contributed by atoms with Gasteiger partial charge in [-0.1, -0.05) is 30.3 Å². The molecule has 24 heavy (non-hydrogen) atoms. The number of aromatic nitrogens is 2. The Labute approximate surface area is 141 Å². The molecule has 0 bridgehead atoms. The SMILES string of the molecule is Cn1cnc(S(=O)(=O)N2CCN(C(=O)Cc3ccccc3)CC2)c1. The second-order valence-electron chi connectivity index (χ2n) is 5.82. The average molecular weight is 348 g/mol. The summed E-state index contributed by atoms with van der Waals surface area (Å²) >= 11 is 0. The van der Waals surface area contributed by atoms with Crippen LogP contribution in [-0.4, -0.2) is 59.3 Å². The Balaban J connectivity index is 1.60. The van der Waals surface area contributed by atoms with Crippen molar-refractivity contribution in [3.8, 4) is 0 Å². The van der Waals surface area contributed by atoms with E-state index in [0.717, 1.165) is 5.56 Å². The number of carbonyl (C=O) groups is 1. The predicted molar refractivity (Wildman–Crippen MR) is 88.7 cm³/mol. The monoisotopic (exact) mass is 348 g/mol. The highest BCUT2D eigenvalue weighted by Crippen LogP contribution is 2.16. The van der Waals surface area contributed by atoms with Gasteiger partial charge in [0.1, 0.15) is 0 Å². The summed E-state index contributed by atoms with van der Waals surface area (Å²) in [6, 6.07) is 9.55. The highest BCUT2D eigenvalue weighted by atomic mass is 32.2. The van der Waals surface area contributed by atoms with Crippen molar-refractivity contribution >= 4 is 15.9 Å². The highest BCUT2D eigenvalue weighted by molar-refractivity contribution is 7.89. The summed E-state index contributed by atoms with van der Waals surface area (Å²) in [5.41, 5.74) is 0.964. The zero-order valence-electron chi connectivity index (χ0n) is 13.5. The van der Waals surface area contributed by atoms with Crippen LogP contribution in [0.15, 0.2) is 47.9 Å². The standard InChI is InChI=1S/C16H20N4O3S/c1-18-12-15(17-13-18)24(22,23)20-9-7-19(8-10-20)16(21)11-14-5-3-2-4-6-14/h2-6,12-13H,7-11H2,1H3. The van der Waals surface area contributed by atoms with Crippen molar-refractivity contribution in [3.05, 3.63) is 48.4 Å². The zero-order chi connectivity index (χ0) is 17.2. The number of rotatable bonds is 4. The maximum absolute atomic E-state index is 12.5. The van der Waals surface area contributed by atoms with Crippen molar-refractivity contribution in [2.75, 3.05) is 26.2 Å². The number of hydrogen-bond donors (Lipinski definition) is 0. The zero-order valence-corrected chi connectivity index (χ0v) is 14.3. The van der Waals surface area contributed by atoms with Crippen LogP contribution >= 0.6 is 0 Å². The summed E-state index contributed by atoms with van der Waals surface area (Å²) in [5, 5.41) is 0.0501. The number of carbonyl (C=O) groups excluding carboxylic acids is 1. The van der Waals surface area contributed by atoms with Crippen molar-refractivity contribution in [1.29, 1.82) is 0 Å². The summed E-state index contributed by atoms with van der Waals surface area (Å²) in [4.78, 5) is 18.0. The number of imidazole rings is 1. The van der Waals surface area contributed by atoms with E-state index in [-0.39, 0.29) is 10.9 Å². The molecule has 128 valence electrons. The van der Waals surface area contributed by atoms with Gasteiger partial charge in [0.25, 0.3) is 10.0 Å². The lowest BCUT2D eigenvalue weighted by atomic mass is 10.1. The van der Waals surface area contributed by atoms with Gasteiger partial charge in [0.05, 0.1) is 12.7 Å². The van der Waals surface area contributed by atoms with E-state index in [0.29, 0.717) is 32.6 Å². The molecule has 2 heterocycles. The molecule has 1 saturated heterocycles. The molecule has 0 radical (unpaired) electrons. The molecule has 0 unspecified atom stereocenters. The number of benzene rings is 1. The molecular weight excluding hydrogens is 328 g/mol. The van der Waals surface area contributed by atoms with Crippen molar-refractivity contribution < 1.29 is 13.2 Å². The Kier molecular flexibility index (Phi) is 4.68. The van der Waals surface area contributed by atoms with Crippen molar-refractivity contribution in [1.82, 2.24) is 18.8 Å². The largest absolute Gasteiger partial charge is 0.340 e. The molecule has 1 amide bonds. The maximum atomic E-state index is 12.5. The third-order valence-electron chi connectivity index (χ3n) is 4.07. The Hall–Kier alpha value is -2.19. The van der Waals surface area contributed by atoms with Crippen LogP contribution in [0, 0.1) is 0 Å². The molecule has 1 fully saturated rings. The molecule has 1 aliphatic heterocycles. The quantitative estimate of drug-likeness (QED) is 0.806. The Morgan fingerprint density at radius 3 is 2.38 bits per heavy atom. The summed E-state index contributed by atoms with van der Waals surface area (Å²) in [5.74, 6) is 0.0242. The molecule has 8 heteroatoms. The van der Waals surface area contributed by atoms with E-state index in [9.17, 15) is 13.2 Å². The number of hydrogen-bond acceptors (Lipinski definition) is 4. The van der Waals surface area contributed by atoms with Gasteiger partial charge in [-0.15, -0.1) is 0 Å². The van der Waals surface area contributed by atoms with Crippen LogP contribution in [0.2, 0.25) is 0 Å². The van der Waals surface area contributed by atoms with E-state index < -0.39 is 10.0 Å². The first-order chi connectivity index (χ1) is 11.5. The third kappa shape index (κ3) is 3.49. The van der Waals surface area contributed by atoms with Crippen LogP contribution in [-0.2, 0) is 28.3 Å². The smallest absolute Gasteiger partial charge is 0.262 e. The van der Waals surface area contributed by atoms with Crippen LogP contribution in [0.1, 0.15) is 5.56 Å². The van der Waals surface area contributed by atoms with Crippen molar-refractivity contribution in [2.45, 2.75) is 11.4 Å². The van der Waals surface area contributed by atoms with E-state index in [1.165, 1.54) is 16.8 Å². The molecule has 7 nitrogen and oxygen atoms in total. The summed E-state index contributed by atoms with van der Waals surface area (Å²) < 4.78 is 28.0. The fourth-order valence-corrected chi connectivity index (χ4v) is 4.10. The summed E-state index contributed by atoms with van der Waals surface area (Å²) in [7, 11) is -1.86. The van der Waals surface area contributed by atoms with Gasteiger partial charge >= 0.3 is 0 Å². The molecule has 2 aromatic rings. The Bertz CT molecular complexity index is 809. The molecule has 0 spiro atoms. The molecule has 0 aliphatic carbocycles. The van der Waals surface area contributed by atoms with Gasteiger partial charge in [-0.3, -0.25) is 4.79 Å². The minimum Gasteiger partial charge on any atom is -0.340 e. The number of sulfonamides is 1. The number of aryl methyl sites for hydroxylation is 1. The number of nitrogens with zero attached hydrogens (tertiary/aromatic N) is 4. The Morgan fingerprint density at radius 1 is 1.12 bits per heavy atom. The number of amides is 1. The van der Waals surface area contributed by atoms with Crippen LogP contribution in [0.3, 0.4) is 0 Å². The van der Waals surface area contributed by atoms with E-state index in [2.05, 4.69) is 4.98 Å². The second kappa shape index (κ2) is 6.74. The fourth-order valence-electron chi connectivity index (χ4n) is 2.71. The van der Waals surface area contributed by atoms with E-state index in [4.69, 9.17) is 0 Å². The molecule has 0 N–H and O–H groups in total. The van der Waals surface area contributed by atoms with Gasteiger partial charge in [-0.05, 0) is 5.56 Å². The van der Waals surface area contributed by atoms with Gasteiger partial charge in [0.2, 0.25) is 5.91 Å². The lowest BCUT2D eigenvalue weighted by molar-refractivity contribution is -0.131. The summed E-state index contributed by atoms with van der Waals surface area (Å²) in [6.45, 7) is 1.38. The van der Waals surface area contributed by atoms with Gasteiger partial charge < -0.3 is 9.47 Å². The minimum absolute atomic E-state index is 0.0242. The average Bonchev–Trinajstić information content (AvgIpc) is 3.03. The molecule has 0 atom stereocenters. The van der Waals surface area contributed by atoms with E-state index in [1.54, 1.807) is 16.5 Å². The van der Waals surface area contributed by atoms with Crippen LogP contribution in [0.4, 0.5) is 0 Å². The third-order valence-corrected chi connectivity index (χ3v) is 5.86. The molecular formula is C16H20N4O3S. The summed E-state index contributed by atoms with van der Waals surface area (Å²) in [6.07, 6.45) is 3.29. The van der Waals surface area contributed by atoms with E-state index >= 15 is 0 Å².